The maximum atomic E-state index is 12.9. The van der Waals surface area contributed by atoms with Gasteiger partial charge in [0.25, 0.3) is 0 Å². The first-order valence-corrected chi connectivity index (χ1v) is 8.21. The SMILES string of the molecule is COc1ccc(C(=O)c2nccc3c2[nH]c2ccc(Br)cc23)cc1. The summed E-state index contributed by atoms with van der Waals surface area (Å²) in [4.78, 5) is 20.5. The number of aromatic amines is 1. The van der Waals surface area contributed by atoms with Gasteiger partial charge in [-0.15, -0.1) is 0 Å². The average molecular weight is 381 g/mol. The number of carbonyl (C=O) groups is 1. The fourth-order valence-corrected chi connectivity index (χ4v) is 3.21. The van der Waals surface area contributed by atoms with Gasteiger partial charge >= 0.3 is 0 Å². The third-order valence-corrected chi connectivity index (χ3v) is 4.54. The molecule has 0 saturated carbocycles. The highest BCUT2D eigenvalue weighted by Crippen LogP contribution is 2.30. The zero-order valence-electron chi connectivity index (χ0n) is 12.8. The Morgan fingerprint density at radius 3 is 2.62 bits per heavy atom. The molecular formula is C19H13BrN2O2. The minimum atomic E-state index is -0.117. The number of hydrogen-bond donors (Lipinski definition) is 1. The van der Waals surface area contributed by atoms with Gasteiger partial charge in [0, 0.05) is 32.5 Å². The molecule has 0 fully saturated rings. The zero-order valence-corrected chi connectivity index (χ0v) is 14.4. The van der Waals surface area contributed by atoms with Crippen molar-refractivity contribution in [1.29, 1.82) is 0 Å². The van der Waals surface area contributed by atoms with Crippen molar-refractivity contribution in [2.24, 2.45) is 0 Å². The summed E-state index contributed by atoms with van der Waals surface area (Å²) in [5.41, 5.74) is 2.73. The monoisotopic (exact) mass is 380 g/mol. The van der Waals surface area contributed by atoms with Crippen molar-refractivity contribution < 1.29 is 9.53 Å². The van der Waals surface area contributed by atoms with Crippen molar-refractivity contribution in [1.82, 2.24) is 9.97 Å². The van der Waals surface area contributed by atoms with E-state index in [1.54, 1.807) is 37.6 Å². The molecule has 0 aliphatic heterocycles. The van der Waals surface area contributed by atoms with Crippen LogP contribution in [-0.4, -0.2) is 22.9 Å². The molecule has 5 heteroatoms. The molecule has 0 spiro atoms. The molecule has 0 unspecified atom stereocenters. The van der Waals surface area contributed by atoms with E-state index < -0.39 is 0 Å². The molecule has 4 nitrogen and oxygen atoms in total. The second kappa shape index (κ2) is 5.76. The van der Waals surface area contributed by atoms with Gasteiger partial charge in [0.1, 0.15) is 11.4 Å². The van der Waals surface area contributed by atoms with Crippen molar-refractivity contribution >= 4 is 43.5 Å². The number of carbonyl (C=O) groups excluding carboxylic acids is 1. The van der Waals surface area contributed by atoms with Crippen LogP contribution in [0.3, 0.4) is 0 Å². The van der Waals surface area contributed by atoms with Crippen molar-refractivity contribution in [3.05, 3.63) is 70.5 Å². The van der Waals surface area contributed by atoms with E-state index in [0.717, 1.165) is 26.3 Å². The molecule has 4 rings (SSSR count). The Bertz CT molecular complexity index is 1070. The van der Waals surface area contributed by atoms with Crippen LogP contribution in [0.4, 0.5) is 0 Å². The molecule has 0 amide bonds. The highest BCUT2D eigenvalue weighted by molar-refractivity contribution is 9.10. The first kappa shape index (κ1) is 14.9. The number of fused-ring (bicyclic) bond motifs is 3. The summed E-state index contributed by atoms with van der Waals surface area (Å²) in [5.74, 6) is 0.599. The second-order valence-electron chi connectivity index (χ2n) is 5.45. The molecule has 118 valence electrons. The van der Waals surface area contributed by atoms with Crippen LogP contribution >= 0.6 is 15.9 Å². The fraction of sp³-hybridized carbons (Fsp3) is 0.0526. The number of hydrogen-bond acceptors (Lipinski definition) is 3. The highest BCUT2D eigenvalue weighted by atomic mass is 79.9. The van der Waals surface area contributed by atoms with Gasteiger partial charge in [-0.25, -0.2) is 0 Å². The lowest BCUT2D eigenvalue weighted by molar-refractivity contribution is 0.103. The van der Waals surface area contributed by atoms with Gasteiger partial charge < -0.3 is 9.72 Å². The summed E-state index contributed by atoms with van der Waals surface area (Å²) in [7, 11) is 1.60. The Balaban J connectivity index is 1.89. The summed E-state index contributed by atoms with van der Waals surface area (Å²) in [5, 5.41) is 2.05. The quantitative estimate of drug-likeness (QED) is 0.523. The van der Waals surface area contributed by atoms with E-state index in [1.807, 2.05) is 24.3 Å². The van der Waals surface area contributed by atoms with Gasteiger partial charge in [0.15, 0.2) is 0 Å². The Morgan fingerprint density at radius 2 is 1.88 bits per heavy atom. The smallest absolute Gasteiger partial charge is 0.213 e. The van der Waals surface area contributed by atoms with Crippen LogP contribution < -0.4 is 4.74 Å². The third-order valence-electron chi connectivity index (χ3n) is 4.05. The summed E-state index contributed by atoms with van der Waals surface area (Å²) in [6.45, 7) is 0. The molecule has 0 atom stereocenters. The van der Waals surface area contributed by atoms with E-state index in [1.165, 1.54) is 0 Å². The van der Waals surface area contributed by atoms with Gasteiger partial charge in [-0.05, 0) is 48.5 Å². The first-order valence-electron chi connectivity index (χ1n) is 7.42. The van der Waals surface area contributed by atoms with Crippen molar-refractivity contribution in [3.8, 4) is 5.75 Å². The molecule has 0 aliphatic rings. The number of ketones is 1. The number of aromatic nitrogens is 2. The van der Waals surface area contributed by atoms with Crippen LogP contribution in [0.25, 0.3) is 21.8 Å². The molecule has 4 aromatic rings. The van der Waals surface area contributed by atoms with Crippen LogP contribution in [0.1, 0.15) is 16.1 Å². The normalized spacial score (nSPS) is 11.1. The Labute approximate surface area is 146 Å². The van der Waals surface area contributed by atoms with Gasteiger partial charge in [0.05, 0.1) is 12.6 Å². The third kappa shape index (κ3) is 2.37. The Morgan fingerprint density at radius 1 is 1.08 bits per heavy atom. The van der Waals surface area contributed by atoms with Crippen molar-refractivity contribution in [2.75, 3.05) is 7.11 Å². The summed E-state index contributed by atoms with van der Waals surface area (Å²) in [6.07, 6.45) is 1.67. The first-order chi connectivity index (χ1) is 11.7. The van der Waals surface area contributed by atoms with E-state index in [0.29, 0.717) is 17.0 Å². The van der Waals surface area contributed by atoms with E-state index in [4.69, 9.17) is 4.74 Å². The number of pyridine rings is 1. The predicted octanol–water partition coefficient (Wildman–Crippen LogP) is 4.72. The summed E-state index contributed by atoms with van der Waals surface area (Å²) in [6, 6.07) is 15.0. The highest BCUT2D eigenvalue weighted by Gasteiger charge is 2.17. The van der Waals surface area contributed by atoms with E-state index >= 15 is 0 Å². The molecule has 0 radical (unpaired) electrons. The number of ether oxygens (including phenoxy) is 1. The maximum Gasteiger partial charge on any atom is 0.213 e. The average Bonchev–Trinajstić information content (AvgIpc) is 2.99. The Kier molecular flexibility index (Phi) is 3.58. The van der Waals surface area contributed by atoms with Gasteiger partial charge in [-0.3, -0.25) is 9.78 Å². The maximum absolute atomic E-state index is 12.9. The number of rotatable bonds is 3. The molecule has 0 aliphatic carbocycles. The van der Waals surface area contributed by atoms with Crippen molar-refractivity contribution in [2.45, 2.75) is 0 Å². The minimum absolute atomic E-state index is 0.117. The molecule has 2 aromatic heterocycles. The molecule has 24 heavy (non-hydrogen) atoms. The number of benzene rings is 2. The molecule has 0 saturated heterocycles. The fourth-order valence-electron chi connectivity index (χ4n) is 2.85. The number of halogens is 1. The number of H-pyrrole nitrogens is 1. The summed E-state index contributed by atoms with van der Waals surface area (Å²) < 4.78 is 6.13. The van der Waals surface area contributed by atoms with Crippen LogP contribution in [0.15, 0.2) is 59.2 Å². The summed E-state index contributed by atoms with van der Waals surface area (Å²) >= 11 is 3.49. The minimum Gasteiger partial charge on any atom is -0.497 e. The van der Waals surface area contributed by atoms with Crippen LogP contribution in [-0.2, 0) is 0 Å². The van der Waals surface area contributed by atoms with Gasteiger partial charge in [-0.1, -0.05) is 15.9 Å². The lowest BCUT2D eigenvalue weighted by atomic mass is 10.1. The van der Waals surface area contributed by atoms with E-state index in [2.05, 4.69) is 25.9 Å². The van der Waals surface area contributed by atoms with Gasteiger partial charge in [0.2, 0.25) is 5.78 Å². The Hall–Kier alpha value is -2.66. The van der Waals surface area contributed by atoms with Crippen LogP contribution in [0, 0.1) is 0 Å². The topological polar surface area (TPSA) is 55.0 Å². The molecule has 0 bridgehead atoms. The predicted molar refractivity (Wildman–Crippen MR) is 97.7 cm³/mol. The zero-order chi connectivity index (χ0) is 16.7. The van der Waals surface area contributed by atoms with E-state index in [-0.39, 0.29) is 5.78 Å². The lowest BCUT2D eigenvalue weighted by Crippen LogP contribution is -2.04. The van der Waals surface area contributed by atoms with Gasteiger partial charge in [-0.2, -0.15) is 0 Å². The largest absolute Gasteiger partial charge is 0.497 e. The molecular weight excluding hydrogens is 368 g/mol. The van der Waals surface area contributed by atoms with E-state index in [9.17, 15) is 4.79 Å². The van der Waals surface area contributed by atoms with Crippen LogP contribution in [0.5, 0.6) is 5.75 Å². The molecule has 1 N–H and O–H groups in total. The number of nitrogens with zero attached hydrogens (tertiary/aromatic N) is 1. The molecule has 2 aromatic carbocycles. The molecule has 2 heterocycles. The number of nitrogens with one attached hydrogen (secondary N) is 1. The second-order valence-corrected chi connectivity index (χ2v) is 6.37. The number of methoxy groups -OCH3 is 1. The standard InChI is InChI=1S/C19H13BrN2O2/c1-24-13-5-2-11(3-6-13)19(23)18-17-14(8-9-21-18)15-10-12(20)4-7-16(15)22-17/h2-10,22H,1H3. The van der Waals surface area contributed by atoms with Crippen LogP contribution in [0.2, 0.25) is 0 Å². The lowest BCUT2D eigenvalue weighted by Gasteiger charge is -2.04. The van der Waals surface area contributed by atoms with Crippen molar-refractivity contribution in [3.63, 3.8) is 0 Å².